The van der Waals surface area contributed by atoms with Crippen LogP contribution in [0.1, 0.15) is 27.8 Å². The number of carbonyl (C=O) groups excluding carboxylic acids is 2. The zero-order valence-electron chi connectivity index (χ0n) is 19.4. The first kappa shape index (κ1) is 23.9. The van der Waals surface area contributed by atoms with Crippen molar-refractivity contribution in [3.63, 3.8) is 0 Å². The Morgan fingerprint density at radius 1 is 0.686 bits per heavy atom. The van der Waals surface area contributed by atoms with Crippen LogP contribution in [0, 0.1) is 0 Å². The highest BCUT2D eigenvalue weighted by Gasteiger charge is 2.19. The van der Waals surface area contributed by atoms with Crippen LogP contribution in [0.5, 0.6) is 0 Å². The minimum absolute atomic E-state index is 0.0181. The average Bonchev–Trinajstić information content (AvgIpc) is 2.91. The van der Waals surface area contributed by atoms with E-state index >= 15 is 0 Å². The summed E-state index contributed by atoms with van der Waals surface area (Å²) in [5, 5.41) is 1.20. The number of carbonyl (C=O) groups is 2. The SMILES string of the molecule is O=CN(OCc1ccccc1)c1cccc(Cc2ccccc2)c1CC(=O)OCc1ccccc1. The van der Waals surface area contributed by atoms with E-state index in [1.807, 2.05) is 103 Å². The first-order valence-electron chi connectivity index (χ1n) is 11.5. The Hall–Kier alpha value is -4.22. The maximum absolute atomic E-state index is 12.9. The van der Waals surface area contributed by atoms with Crippen LogP contribution >= 0.6 is 0 Å². The molecule has 0 aromatic heterocycles. The summed E-state index contributed by atoms with van der Waals surface area (Å²) in [6, 6.07) is 34.8. The van der Waals surface area contributed by atoms with Gasteiger partial charge in [-0.25, -0.2) is 0 Å². The number of nitrogens with zero attached hydrogens (tertiary/aromatic N) is 1. The van der Waals surface area contributed by atoms with Gasteiger partial charge in [-0.3, -0.25) is 14.4 Å². The van der Waals surface area contributed by atoms with Crippen molar-refractivity contribution in [1.82, 2.24) is 0 Å². The van der Waals surface area contributed by atoms with Crippen molar-refractivity contribution in [1.29, 1.82) is 0 Å². The maximum atomic E-state index is 12.9. The molecule has 5 heteroatoms. The summed E-state index contributed by atoms with van der Waals surface area (Å²) in [6.45, 7) is 0.415. The Bertz CT molecular complexity index is 1230. The highest BCUT2D eigenvalue weighted by molar-refractivity contribution is 5.81. The first-order chi connectivity index (χ1) is 17.2. The number of hydrogen-bond donors (Lipinski definition) is 0. The molecular formula is C30H27NO4. The van der Waals surface area contributed by atoms with Crippen molar-refractivity contribution >= 4 is 18.1 Å². The fourth-order valence-electron chi connectivity index (χ4n) is 3.82. The summed E-state index contributed by atoms with van der Waals surface area (Å²) < 4.78 is 5.55. The molecule has 176 valence electrons. The van der Waals surface area contributed by atoms with Crippen LogP contribution in [0.4, 0.5) is 5.69 Å². The first-order valence-corrected chi connectivity index (χ1v) is 11.5. The molecule has 0 aliphatic carbocycles. The van der Waals surface area contributed by atoms with E-state index in [0.29, 0.717) is 24.1 Å². The number of hydrogen-bond acceptors (Lipinski definition) is 4. The van der Waals surface area contributed by atoms with Crippen LogP contribution in [0.15, 0.2) is 109 Å². The molecule has 4 rings (SSSR count). The van der Waals surface area contributed by atoms with Gasteiger partial charge in [0.25, 0.3) is 0 Å². The van der Waals surface area contributed by atoms with E-state index in [4.69, 9.17) is 9.57 Å². The molecule has 35 heavy (non-hydrogen) atoms. The predicted molar refractivity (Wildman–Crippen MR) is 135 cm³/mol. The van der Waals surface area contributed by atoms with E-state index in [1.165, 1.54) is 5.06 Å². The predicted octanol–water partition coefficient (Wildman–Crippen LogP) is 5.66. The lowest BCUT2D eigenvalue weighted by molar-refractivity contribution is -0.144. The van der Waals surface area contributed by atoms with Gasteiger partial charge in [-0.2, -0.15) is 5.06 Å². The van der Waals surface area contributed by atoms with Crippen molar-refractivity contribution in [3.8, 4) is 0 Å². The molecule has 0 atom stereocenters. The summed E-state index contributed by atoms with van der Waals surface area (Å²) in [4.78, 5) is 30.7. The molecule has 4 aromatic carbocycles. The smallest absolute Gasteiger partial charge is 0.310 e. The monoisotopic (exact) mass is 465 g/mol. The largest absolute Gasteiger partial charge is 0.461 e. The van der Waals surface area contributed by atoms with Crippen molar-refractivity contribution in [2.45, 2.75) is 26.1 Å². The van der Waals surface area contributed by atoms with Gasteiger partial charge >= 0.3 is 5.97 Å². The highest BCUT2D eigenvalue weighted by atomic mass is 16.7. The topological polar surface area (TPSA) is 55.8 Å². The summed E-state index contributed by atoms with van der Waals surface area (Å²) in [5.41, 5.74) is 5.12. The van der Waals surface area contributed by atoms with Crippen LogP contribution < -0.4 is 5.06 Å². The summed E-state index contributed by atoms with van der Waals surface area (Å²) in [7, 11) is 0. The van der Waals surface area contributed by atoms with Gasteiger partial charge in [0.05, 0.1) is 12.1 Å². The second-order valence-corrected chi connectivity index (χ2v) is 8.09. The van der Waals surface area contributed by atoms with Crippen molar-refractivity contribution < 1.29 is 19.2 Å². The van der Waals surface area contributed by atoms with Crippen molar-refractivity contribution in [2.75, 3.05) is 5.06 Å². The molecule has 0 saturated carbocycles. The lowest BCUT2D eigenvalue weighted by Gasteiger charge is -2.22. The molecule has 5 nitrogen and oxygen atoms in total. The van der Waals surface area contributed by atoms with Gasteiger partial charge in [0, 0.05) is 0 Å². The molecule has 0 heterocycles. The number of rotatable bonds is 11. The third-order valence-electron chi connectivity index (χ3n) is 5.60. The number of benzene rings is 4. The van der Waals surface area contributed by atoms with Crippen molar-refractivity contribution in [2.24, 2.45) is 0 Å². The van der Waals surface area contributed by atoms with Crippen LogP contribution in [0.25, 0.3) is 0 Å². The third-order valence-corrected chi connectivity index (χ3v) is 5.60. The zero-order valence-corrected chi connectivity index (χ0v) is 19.4. The lowest BCUT2D eigenvalue weighted by Crippen LogP contribution is -2.24. The summed E-state index contributed by atoms with van der Waals surface area (Å²) in [6.07, 6.45) is 1.26. The molecule has 0 unspecified atom stereocenters. The second kappa shape index (κ2) is 12.3. The summed E-state index contributed by atoms with van der Waals surface area (Å²) in [5.74, 6) is -0.371. The van der Waals surface area contributed by atoms with Crippen LogP contribution in [0.3, 0.4) is 0 Å². The van der Waals surface area contributed by atoms with Crippen LogP contribution in [-0.2, 0) is 45.2 Å². The Morgan fingerprint density at radius 2 is 1.26 bits per heavy atom. The molecule has 1 amide bonds. The Balaban J connectivity index is 1.58. The van der Waals surface area contributed by atoms with Crippen LogP contribution in [0.2, 0.25) is 0 Å². The van der Waals surface area contributed by atoms with Gasteiger partial charge in [-0.1, -0.05) is 103 Å². The van der Waals surface area contributed by atoms with E-state index < -0.39 is 0 Å². The maximum Gasteiger partial charge on any atom is 0.310 e. The quantitative estimate of drug-likeness (QED) is 0.163. The van der Waals surface area contributed by atoms with Gasteiger partial charge in [0.2, 0.25) is 6.41 Å². The standard InChI is InChI=1S/C30H27NO4/c32-23-31(35-22-26-15-8-3-9-16-26)29-18-10-17-27(19-24-11-4-1-5-12-24)28(29)20-30(33)34-21-25-13-6-2-7-14-25/h1-18,23H,19-22H2. The molecule has 0 N–H and O–H groups in total. The number of amides is 1. The fourth-order valence-corrected chi connectivity index (χ4v) is 3.82. The lowest BCUT2D eigenvalue weighted by atomic mass is 9.96. The molecular weight excluding hydrogens is 438 g/mol. The van der Waals surface area contributed by atoms with Gasteiger partial charge in [-0.15, -0.1) is 0 Å². The Labute approximate surface area is 205 Å². The molecule has 0 spiro atoms. The molecule has 0 aliphatic rings. The van der Waals surface area contributed by atoms with Gasteiger partial charge in [0.15, 0.2) is 0 Å². The molecule has 0 bridgehead atoms. The molecule has 0 saturated heterocycles. The van der Waals surface area contributed by atoms with Gasteiger partial charge in [-0.05, 0) is 40.3 Å². The number of hydroxylamine groups is 1. The minimum atomic E-state index is -0.371. The van der Waals surface area contributed by atoms with Crippen molar-refractivity contribution in [3.05, 3.63) is 137 Å². The van der Waals surface area contributed by atoms with E-state index in [2.05, 4.69) is 0 Å². The average molecular weight is 466 g/mol. The zero-order chi connectivity index (χ0) is 24.3. The molecule has 0 radical (unpaired) electrons. The molecule has 0 aliphatic heterocycles. The molecule has 4 aromatic rings. The van der Waals surface area contributed by atoms with E-state index in [-0.39, 0.29) is 25.6 Å². The summed E-state index contributed by atoms with van der Waals surface area (Å²) >= 11 is 0. The third kappa shape index (κ3) is 6.88. The fraction of sp³-hybridized carbons (Fsp3) is 0.133. The van der Waals surface area contributed by atoms with Gasteiger partial charge in [0.1, 0.15) is 13.2 Å². The second-order valence-electron chi connectivity index (χ2n) is 8.09. The van der Waals surface area contributed by atoms with E-state index in [0.717, 1.165) is 22.3 Å². The van der Waals surface area contributed by atoms with Gasteiger partial charge < -0.3 is 4.74 Å². The highest BCUT2D eigenvalue weighted by Crippen LogP contribution is 2.27. The normalized spacial score (nSPS) is 10.5. The van der Waals surface area contributed by atoms with E-state index in [9.17, 15) is 9.59 Å². The minimum Gasteiger partial charge on any atom is -0.461 e. The Kier molecular flexibility index (Phi) is 8.41. The Morgan fingerprint density at radius 3 is 1.86 bits per heavy atom. The van der Waals surface area contributed by atoms with E-state index in [1.54, 1.807) is 6.07 Å². The number of anilines is 1. The number of esters is 1. The van der Waals surface area contributed by atoms with Crippen LogP contribution in [-0.4, -0.2) is 12.4 Å². The molecule has 0 fully saturated rings. The number of ether oxygens (including phenoxy) is 1.